The maximum absolute atomic E-state index is 11.7. The summed E-state index contributed by atoms with van der Waals surface area (Å²) in [6, 6.07) is 4.73. The smallest absolute Gasteiger partial charge is 0.339 e. The van der Waals surface area contributed by atoms with Gasteiger partial charge in [-0.1, -0.05) is 11.6 Å². The number of halogens is 1. The highest BCUT2D eigenvalue weighted by Gasteiger charge is 2.19. The average Bonchev–Trinajstić information content (AvgIpc) is 2.39. The Morgan fingerprint density at radius 1 is 1.26 bits per heavy atom. The van der Waals surface area contributed by atoms with Crippen LogP contribution < -0.4 is 5.32 Å². The zero-order valence-electron chi connectivity index (χ0n) is 11.4. The molecule has 1 aromatic carbocycles. The second-order valence-corrected chi connectivity index (χ2v) is 4.39. The van der Waals surface area contributed by atoms with Gasteiger partial charge in [0.15, 0.2) is 6.29 Å². The number of hydrogen-bond acceptors (Lipinski definition) is 5. The summed E-state index contributed by atoms with van der Waals surface area (Å²) in [7, 11) is 4.42. The van der Waals surface area contributed by atoms with Gasteiger partial charge in [-0.3, -0.25) is 0 Å². The summed E-state index contributed by atoms with van der Waals surface area (Å²) in [6.45, 7) is 1.87. The van der Waals surface area contributed by atoms with E-state index in [9.17, 15) is 4.79 Å². The molecule has 1 unspecified atom stereocenters. The van der Waals surface area contributed by atoms with Crippen molar-refractivity contribution in [3.63, 3.8) is 0 Å². The molecule has 19 heavy (non-hydrogen) atoms. The van der Waals surface area contributed by atoms with Gasteiger partial charge in [-0.2, -0.15) is 0 Å². The van der Waals surface area contributed by atoms with E-state index in [1.165, 1.54) is 7.11 Å². The molecule has 106 valence electrons. The van der Waals surface area contributed by atoms with Gasteiger partial charge in [0, 0.05) is 19.2 Å². The summed E-state index contributed by atoms with van der Waals surface area (Å²) >= 11 is 5.94. The van der Waals surface area contributed by atoms with Crippen LogP contribution in [0.25, 0.3) is 0 Å². The highest BCUT2D eigenvalue weighted by molar-refractivity contribution is 6.31. The minimum absolute atomic E-state index is 0.170. The molecule has 6 heteroatoms. The van der Waals surface area contributed by atoms with Crippen LogP contribution >= 0.6 is 11.6 Å². The van der Waals surface area contributed by atoms with Gasteiger partial charge in [-0.25, -0.2) is 4.79 Å². The third-order valence-electron chi connectivity index (χ3n) is 2.64. The summed E-state index contributed by atoms with van der Waals surface area (Å²) in [5.74, 6) is -0.433. The van der Waals surface area contributed by atoms with E-state index >= 15 is 0 Å². The molecule has 5 nitrogen and oxygen atoms in total. The number of ether oxygens (including phenoxy) is 3. The summed E-state index contributed by atoms with van der Waals surface area (Å²) in [4.78, 5) is 11.7. The van der Waals surface area contributed by atoms with Gasteiger partial charge < -0.3 is 19.5 Å². The van der Waals surface area contributed by atoms with E-state index in [0.29, 0.717) is 16.3 Å². The molecule has 0 saturated carbocycles. The molecule has 0 spiro atoms. The van der Waals surface area contributed by atoms with Crippen LogP contribution in [-0.2, 0) is 14.2 Å². The highest BCUT2D eigenvalue weighted by Crippen LogP contribution is 2.23. The molecule has 0 amide bonds. The Morgan fingerprint density at radius 2 is 1.89 bits per heavy atom. The molecule has 0 saturated heterocycles. The van der Waals surface area contributed by atoms with E-state index < -0.39 is 12.3 Å². The number of benzene rings is 1. The average molecular weight is 288 g/mol. The van der Waals surface area contributed by atoms with Crippen molar-refractivity contribution in [2.24, 2.45) is 0 Å². The van der Waals surface area contributed by atoms with E-state index in [-0.39, 0.29) is 6.04 Å². The largest absolute Gasteiger partial charge is 0.465 e. The van der Waals surface area contributed by atoms with Crippen LogP contribution in [0.2, 0.25) is 5.02 Å². The monoisotopic (exact) mass is 287 g/mol. The van der Waals surface area contributed by atoms with Crippen LogP contribution in [0.4, 0.5) is 5.69 Å². The number of methoxy groups -OCH3 is 3. The molecule has 1 aromatic rings. The third-order valence-corrected chi connectivity index (χ3v) is 2.88. The van der Waals surface area contributed by atoms with Gasteiger partial charge in [0.1, 0.15) is 0 Å². The zero-order chi connectivity index (χ0) is 14.4. The second kappa shape index (κ2) is 7.33. The van der Waals surface area contributed by atoms with E-state index in [4.69, 9.17) is 25.8 Å². The lowest BCUT2D eigenvalue weighted by atomic mass is 10.1. The lowest BCUT2D eigenvalue weighted by molar-refractivity contribution is -0.109. The summed E-state index contributed by atoms with van der Waals surface area (Å²) in [5.41, 5.74) is 0.982. The predicted octanol–water partition coefficient (Wildman–Crippen LogP) is 2.55. The fourth-order valence-electron chi connectivity index (χ4n) is 1.74. The number of hydrogen-bond donors (Lipinski definition) is 1. The Labute approximate surface area is 117 Å². The first kappa shape index (κ1) is 15.8. The van der Waals surface area contributed by atoms with Crippen molar-refractivity contribution in [2.75, 3.05) is 26.6 Å². The van der Waals surface area contributed by atoms with Gasteiger partial charge in [0.2, 0.25) is 0 Å². The Hall–Kier alpha value is -1.30. The first-order valence-corrected chi connectivity index (χ1v) is 6.11. The SMILES string of the molecule is COC(=O)c1ccc(Cl)cc1NC(C)C(OC)OC. The summed E-state index contributed by atoms with van der Waals surface area (Å²) in [6.07, 6.45) is -0.440. The maximum Gasteiger partial charge on any atom is 0.339 e. The lowest BCUT2D eigenvalue weighted by Gasteiger charge is -2.24. The first-order valence-electron chi connectivity index (χ1n) is 5.73. The summed E-state index contributed by atoms with van der Waals surface area (Å²) in [5, 5.41) is 3.66. The van der Waals surface area contributed by atoms with Crippen LogP contribution in [0, 0.1) is 0 Å². The topological polar surface area (TPSA) is 56.8 Å². The maximum atomic E-state index is 11.7. The van der Waals surface area contributed by atoms with Crippen molar-refractivity contribution in [2.45, 2.75) is 19.3 Å². The van der Waals surface area contributed by atoms with Crippen molar-refractivity contribution >= 4 is 23.3 Å². The van der Waals surface area contributed by atoms with Crippen molar-refractivity contribution in [3.8, 4) is 0 Å². The molecule has 0 aliphatic rings. The number of anilines is 1. The molecule has 0 heterocycles. The fraction of sp³-hybridized carbons (Fsp3) is 0.462. The van der Waals surface area contributed by atoms with Gasteiger partial charge in [0.25, 0.3) is 0 Å². The van der Waals surface area contributed by atoms with Crippen LogP contribution in [-0.4, -0.2) is 39.6 Å². The number of nitrogens with one attached hydrogen (secondary N) is 1. The Morgan fingerprint density at radius 3 is 2.42 bits per heavy atom. The van der Waals surface area contributed by atoms with Crippen LogP contribution in [0.1, 0.15) is 17.3 Å². The quantitative estimate of drug-likeness (QED) is 0.644. The molecule has 0 aliphatic carbocycles. The number of carbonyl (C=O) groups excluding carboxylic acids is 1. The van der Waals surface area contributed by atoms with Gasteiger partial charge in [-0.05, 0) is 25.1 Å². The second-order valence-electron chi connectivity index (χ2n) is 3.95. The third kappa shape index (κ3) is 4.09. The van der Waals surface area contributed by atoms with E-state index in [2.05, 4.69) is 5.32 Å². The fourth-order valence-corrected chi connectivity index (χ4v) is 1.91. The molecule has 0 aromatic heterocycles. The summed E-state index contributed by atoms with van der Waals surface area (Å²) < 4.78 is 15.0. The predicted molar refractivity (Wildman–Crippen MR) is 73.7 cm³/mol. The lowest BCUT2D eigenvalue weighted by Crippen LogP contribution is -2.34. The molecule has 1 rings (SSSR count). The van der Waals surface area contributed by atoms with Gasteiger partial charge in [0.05, 0.1) is 24.4 Å². The van der Waals surface area contributed by atoms with Crippen molar-refractivity contribution < 1.29 is 19.0 Å². The van der Waals surface area contributed by atoms with E-state index in [1.807, 2.05) is 6.92 Å². The minimum Gasteiger partial charge on any atom is -0.465 e. The van der Waals surface area contributed by atoms with Crippen molar-refractivity contribution in [1.29, 1.82) is 0 Å². The van der Waals surface area contributed by atoms with Crippen LogP contribution in [0.5, 0.6) is 0 Å². The van der Waals surface area contributed by atoms with Crippen LogP contribution in [0.3, 0.4) is 0 Å². The molecule has 0 bridgehead atoms. The molecular weight excluding hydrogens is 270 g/mol. The standard InChI is InChI=1S/C13H18ClNO4/c1-8(13(18-3)19-4)15-11-7-9(14)5-6-10(11)12(16)17-2/h5-8,13,15H,1-4H3. The number of rotatable bonds is 6. The van der Waals surface area contributed by atoms with Crippen molar-refractivity contribution in [3.05, 3.63) is 28.8 Å². The number of carbonyl (C=O) groups is 1. The molecule has 1 N–H and O–H groups in total. The number of esters is 1. The molecule has 0 aliphatic heterocycles. The first-order chi connectivity index (χ1) is 9.03. The normalized spacial score (nSPS) is 12.3. The Balaban J connectivity index is 2.98. The minimum atomic E-state index is -0.440. The molecule has 1 atom stereocenters. The van der Waals surface area contributed by atoms with Gasteiger partial charge >= 0.3 is 5.97 Å². The zero-order valence-corrected chi connectivity index (χ0v) is 12.2. The van der Waals surface area contributed by atoms with Crippen LogP contribution in [0.15, 0.2) is 18.2 Å². The van der Waals surface area contributed by atoms with Gasteiger partial charge in [-0.15, -0.1) is 0 Å². The molecule has 0 radical (unpaired) electrons. The highest BCUT2D eigenvalue weighted by atomic mass is 35.5. The Bertz CT molecular complexity index is 435. The molecule has 0 fully saturated rings. The molecular formula is C13H18ClNO4. The van der Waals surface area contributed by atoms with Crippen molar-refractivity contribution in [1.82, 2.24) is 0 Å². The van der Waals surface area contributed by atoms with E-state index in [0.717, 1.165) is 0 Å². The van der Waals surface area contributed by atoms with E-state index in [1.54, 1.807) is 32.4 Å². The Kier molecular flexibility index (Phi) is 6.08.